The maximum Gasteiger partial charge on any atom is 0.203 e. The fourth-order valence-corrected chi connectivity index (χ4v) is 3.54. The molecule has 0 aliphatic carbocycles. The maximum absolute atomic E-state index is 12.4. The molecule has 2 aromatic carbocycles. The lowest BCUT2D eigenvalue weighted by atomic mass is 10.1. The highest BCUT2D eigenvalue weighted by Gasteiger charge is 2.10. The molecule has 0 bridgehead atoms. The number of halogens is 2. The van der Waals surface area contributed by atoms with Gasteiger partial charge in [-0.15, -0.1) is 0 Å². The first-order valence-electron chi connectivity index (χ1n) is 9.00. The number of rotatable bonds is 8. The summed E-state index contributed by atoms with van der Waals surface area (Å²) in [5, 5.41) is 4.65. The second-order valence-corrected chi connectivity index (χ2v) is 7.49. The monoisotopic (exact) mass is 474 g/mol. The van der Waals surface area contributed by atoms with Crippen molar-refractivity contribution < 1.29 is 14.3 Å². The van der Waals surface area contributed by atoms with Gasteiger partial charge < -0.3 is 9.47 Å². The Labute approximate surface area is 183 Å². The minimum absolute atomic E-state index is 0.0976. The van der Waals surface area contributed by atoms with E-state index in [0.717, 1.165) is 15.6 Å². The number of carbonyl (C=O) groups excluding carboxylic acids is 1. The summed E-state index contributed by atoms with van der Waals surface area (Å²) in [5.41, 5.74) is 2.27. The van der Waals surface area contributed by atoms with Gasteiger partial charge >= 0.3 is 0 Å². The van der Waals surface area contributed by atoms with Gasteiger partial charge in [-0.3, -0.25) is 9.48 Å². The van der Waals surface area contributed by atoms with Gasteiger partial charge in [-0.1, -0.05) is 39.7 Å². The summed E-state index contributed by atoms with van der Waals surface area (Å²) in [6.07, 6.45) is 4.94. The molecule has 0 aliphatic heterocycles. The number of nitrogens with zero attached hydrogens (tertiary/aromatic N) is 2. The molecular weight excluding hydrogens is 456 g/mol. The minimum atomic E-state index is -0.0976. The zero-order valence-electron chi connectivity index (χ0n) is 16.1. The zero-order valence-corrected chi connectivity index (χ0v) is 18.4. The van der Waals surface area contributed by atoms with Gasteiger partial charge in [0.25, 0.3) is 0 Å². The molecule has 150 valence electrons. The van der Waals surface area contributed by atoms with E-state index in [-0.39, 0.29) is 12.4 Å². The van der Waals surface area contributed by atoms with Crippen molar-refractivity contribution in [1.82, 2.24) is 9.78 Å². The largest absolute Gasteiger partial charge is 0.496 e. The van der Waals surface area contributed by atoms with Crippen LogP contribution in [0.2, 0.25) is 5.02 Å². The van der Waals surface area contributed by atoms with E-state index in [0.29, 0.717) is 28.8 Å². The number of ketones is 1. The van der Waals surface area contributed by atoms with Crippen molar-refractivity contribution in [1.29, 1.82) is 0 Å². The molecule has 0 amide bonds. The lowest BCUT2D eigenvalue weighted by molar-refractivity contribution is 0.103. The van der Waals surface area contributed by atoms with Gasteiger partial charge in [-0.05, 0) is 55.0 Å². The number of methoxy groups -OCH3 is 1. The van der Waals surface area contributed by atoms with Crippen LogP contribution in [0.5, 0.6) is 11.5 Å². The summed E-state index contributed by atoms with van der Waals surface area (Å²) in [5.74, 6) is 1.19. The molecule has 1 aromatic heterocycles. The molecule has 0 unspecified atom stereocenters. The van der Waals surface area contributed by atoms with Crippen LogP contribution in [-0.2, 0) is 13.2 Å². The van der Waals surface area contributed by atoms with E-state index < -0.39 is 0 Å². The molecule has 0 radical (unpaired) electrons. The summed E-state index contributed by atoms with van der Waals surface area (Å²) >= 11 is 9.59. The summed E-state index contributed by atoms with van der Waals surface area (Å²) in [6, 6.07) is 12.8. The van der Waals surface area contributed by atoms with Crippen LogP contribution < -0.4 is 9.47 Å². The van der Waals surface area contributed by atoms with Crippen LogP contribution in [0, 0.1) is 0 Å². The zero-order chi connectivity index (χ0) is 20.8. The predicted molar refractivity (Wildman–Crippen MR) is 118 cm³/mol. The highest BCUT2D eigenvalue weighted by molar-refractivity contribution is 9.10. The number of aromatic nitrogens is 2. The molecular formula is C22H20BrClN2O3. The molecule has 7 heteroatoms. The topological polar surface area (TPSA) is 53.4 Å². The number of hydrogen-bond acceptors (Lipinski definition) is 4. The molecule has 0 spiro atoms. The molecule has 1 heterocycles. The summed E-state index contributed by atoms with van der Waals surface area (Å²) in [6.45, 7) is 2.87. The second-order valence-electron chi connectivity index (χ2n) is 6.16. The third-order valence-corrected chi connectivity index (χ3v) is 5.07. The summed E-state index contributed by atoms with van der Waals surface area (Å²) in [4.78, 5) is 12.4. The minimum Gasteiger partial charge on any atom is -0.496 e. The van der Waals surface area contributed by atoms with E-state index >= 15 is 0 Å². The Balaban J connectivity index is 1.76. The quantitative estimate of drug-likeness (QED) is 0.305. The van der Waals surface area contributed by atoms with Crippen LogP contribution in [0.4, 0.5) is 0 Å². The smallest absolute Gasteiger partial charge is 0.203 e. The van der Waals surface area contributed by atoms with Crippen molar-refractivity contribution in [2.75, 3.05) is 7.11 Å². The van der Waals surface area contributed by atoms with Crippen molar-refractivity contribution in [2.45, 2.75) is 20.1 Å². The average molecular weight is 476 g/mol. The van der Waals surface area contributed by atoms with Crippen LogP contribution in [0.3, 0.4) is 0 Å². The standard InChI is InChI=1S/C22H20BrClN2O3/c1-3-26-19(10-11-25-26)20(27)7-4-15-5-8-21(28-2)16(12-15)14-29-22-9-6-17(23)13-18(22)24/h4-13H,3,14H2,1-2H3/b7-4+. The van der Waals surface area contributed by atoms with Crippen molar-refractivity contribution in [3.63, 3.8) is 0 Å². The molecule has 3 rings (SSSR count). The molecule has 0 atom stereocenters. The Hall–Kier alpha value is -2.57. The first-order chi connectivity index (χ1) is 14.0. The van der Waals surface area contributed by atoms with Crippen LogP contribution in [-0.4, -0.2) is 22.7 Å². The molecule has 0 saturated heterocycles. The molecule has 0 saturated carbocycles. The van der Waals surface area contributed by atoms with Gasteiger partial charge in [0.2, 0.25) is 5.78 Å². The number of hydrogen-bond donors (Lipinski definition) is 0. The number of carbonyl (C=O) groups is 1. The fraction of sp³-hybridized carbons (Fsp3) is 0.182. The molecule has 29 heavy (non-hydrogen) atoms. The Morgan fingerprint density at radius 1 is 1.21 bits per heavy atom. The SMILES string of the molecule is CCn1nccc1C(=O)/C=C/c1ccc(OC)c(COc2ccc(Br)cc2Cl)c1. The number of aryl methyl sites for hydroxylation is 1. The van der Waals surface area contributed by atoms with Gasteiger partial charge in [-0.25, -0.2) is 0 Å². The first-order valence-corrected chi connectivity index (χ1v) is 10.2. The average Bonchev–Trinajstić information content (AvgIpc) is 3.20. The Morgan fingerprint density at radius 3 is 2.72 bits per heavy atom. The molecule has 0 N–H and O–H groups in total. The van der Waals surface area contributed by atoms with Gasteiger partial charge in [0.1, 0.15) is 23.8 Å². The summed E-state index contributed by atoms with van der Waals surface area (Å²) < 4.78 is 13.8. The highest BCUT2D eigenvalue weighted by atomic mass is 79.9. The van der Waals surface area contributed by atoms with Crippen LogP contribution in [0.15, 0.2) is 59.2 Å². The van der Waals surface area contributed by atoms with Gasteiger partial charge in [0.15, 0.2) is 0 Å². The molecule has 0 fully saturated rings. The normalized spacial score (nSPS) is 11.0. The van der Waals surface area contributed by atoms with E-state index in [4.69, 9.17) is 21.1 Å². The first kappa shape index (κ1) is 21.1. The van der Waals surface area contributed by atoms with E-state index in [9.17, 15) is 4.79 Å². The van der Waals surface area contributed by atoms with E-state index in [2.05, 4.69) is 21.0 Å². The van der Waals surface area contributed by atoms with E-state index in [1.165, 1.54) is 0 Å². The molecule has 3 aromatic rings. The van der Waals surface area contributed by atoms with Crippen molar-refractivity contribution in [3.05, 3.63) is 81.1 Å². The Morgan fingerprint density at radius 2 is 2.00 bits per heavy atom. The second kappa shape index (κ2) is 9.76. The van der Waals surface area contributed by atoms with Crippen LogP contribution in [0.25, 0.3) is 6.08 Å². The summed E-state index contributed by atoms with van der Waals surface area (Å²) in [7, 11) is 1.61. The van der Waals surface area contributed by atoms with E-state index in [1.54, 1.807) is 48.3 Å². The Bertz CT molecular complexity index is 1050. The Kier molecular flexibility index (Phi) is 7.12. The van der Waals surface area contributed by atoms with Crippen LogP contribution in [0.1, 0.15) is 28.5 Å². The third kappa shape index (κ3) is 5.28. The maximum atomic E-state index is 12.4. The van der Waals surface area contributed by atoms with Crippen molar-refractivity contribution in [3.8, 4) is 11.5 Å². The van der Waals surface area contributed by atoms with Gasteiger partial charge in [-0.2, -0.15) is 5.10 Å². The van der Waals surface area contributed by atoms with Crippen molar-refractivity contribution in [2.24, 2.45) is 0 Å². The van der Waals surface area contributed by atoms with E-state index in [1.807, 2.05) is 31.2 Å². The lowest BCUT2D eigenvalue weighted by Crippen LogP contribution is -2.07. The highest BCUT2D eigenvalue weighted by Crippen LogP contribution is 2.30. The predicted octanol–water partition coefficient (Wildman–Crippen LogP) is 5.80. The van der Waals surface area contributed by atoms with Crippen molar-refractivity contribution >= 4 is 39.4 Å². The number of allylic oxidation sites excluding steroid dienone is 1. The lowest BCUT2D eigenvalue weighted by Gasteiger charge is -2.12. The van der Waals surface area contributed by atoms with Crippen LogP contribution >= 0.6 is 27.5 Å². The number of ether oxygens (including phenoxy) is 2. The third-order valence-electron chi connectivity index (χ3n) is 4.28. The fourth-order valence-electron chi connectivity index (χ4n) is 2.81. The van der Waals surface area contributed by atoms with Gasteiger partial charge in [0, 0.05) is 22.8 Å². The number of benzene rings is 2. The molecule has 5 nitrogen and oxygen atoms in total. The molecule has 0 aliphatic rings. The van der Waals surface area contributed by atoms with Gasteiger partial charge in [0.05, 0.1) is 12.1 Å².